The molecular weight excluding hydrogens is 328 g/mol. The Morgan fingerprint density at radius 3 is 2.38 bits per heavy atom. The van der Waals surface area contributed by atoms with Crippen LogP contribution in [0.15, 0.2) is 42.5 Å². The number of nitrogens with two attached hydrogens (primary N) is 1. The lowest BCUT2D eigenvalue weighted by molar-refractivity contribution is 0.0880. The molecular formula is C21H28N2O3. The molecule has 3 N–H and O–H groups in total. The van der Waals surface area contributed by atoms with Crippen LogP contribution in [0.2, 0.25) is 0 Å². The van der Waals surface area contributed by atoms with Crippen molar-refractivity contribution in [1.29, 1.82) is 0 Å². The molecule has 2 aromatic carbocycles. The number of nitrogens with zero attached hydrogens (tertiary/aromatic N) is 1. The number of hydrogen-bond donors (Lipinski definition) is 2. The number of hydrogen-bond acceptors (Lipinski definition) is 5. The molecule has 0 fully saturated rings. The van der Waals surface area contributed by atoms with E-state index in [0.717, 1.165) is 29.9 Å². The highest BCUT2D eigenvalue weighted by atomic mass is 16.5. The van der Waals surface area contributed by atoms with Crippen molar-refractivity contribution in [2.24, 2.45) is 5.73 Å². The van der Waals surface area contributed by atoms with Crippen molar-refractivity contribution in [3.63, 3.8) is 0 Å². The Balaban J connectivity index is 1.81. The van der Waals surface area contributed by atoms with E-state index in [9.17, 15) is 5.11 Å². The summed E-state index contributed by atoms with van der Waals surface area (Å²) in [6.07, 6.45) is 1.45. The minimum Gasteiger partial charge on any atom is -0.497 e. The average molecular weight is 356 g/mol. The van der Waals surface area contributed by atoms with Crippen molar-refractivity contribution in [2.45, 2.75) is 31.5 Å². The maximum absolute atomic E-state index is 10.2. The molecule has 5 nitrogen and oxygen atoms in total. The van der Waals surface area contributed by atoms with Crippen LogP contribution >= 0.6 is 0 Å². The smallest absolute Gasteiger partial charge is 0.127 e. The molecule has 0 aliphatic heterocycles. The fraction of sp³-hybridized carbons (Fsp3) is 0.429. The Labute approximate surface area is 155 Å². The molecule has 140 valence electrons. The molecule has 0 saturated carbocycles. The Bertz CT molecular complexity index is 710. The molecule has 1 aliphatic rings. The molecule has 3 rings (SSSR count). The van der Waals surface area contributed by atoms with Crippen molar-refractivity contribution in [1.82, 2.24) is 4.90 Å². The van der Waals surface area contributed by atoms with Gasteiger partial charge in [0, 0.05) is 37.3 Å². The summed E-state index contributed by atoms with van der Waals surface area (Å²) in [6.45, 7) is 1.50. The Morgan fingerprint density at radius 1 is 1.12 bits per heavy atom. The zero-order valence-electron chi connectivity index (χ0n) is 15.5. The van der Waals surface area contributed by atoms with Gasteiger partial charge in [0.05, 0.1) is 20.3 Å². The molecule has 0 aromatic heterocycles. The molecule has 0 amide bonds. The van der Waals surface area contributed by atoms with Gasteiger partial charge in [0.25, 0.3) is 0 Å². The van der Waals surface area contributed by atoms with Crippen LogP contribution in [0.4, 0.5) is 0 Å². The van der Waals surface area contributed by atoms with E-state index in [1.807, 2.05) is 18.2 Å². The summed E-state index contributed by atoms with van der Waals surface area (Å²) >= 11 is 0. The third kappa shape index (κ3) is 4.18. The van der Waals surface area contributed by atoms with E-state index in [1.165, 1.54) is 11.1 Å². The van der Waals surface area contributed by atoms with E-state index in [2.05, 4.69) is 29.2 Å². The summed E-state index contributed by atoms with van der Waals surface area (Å²) in [5.41, 5.74) is 9.54. The van der Waals surface area contributed by atoms with Crippen LogP contribution in [0.5, 0.6) is 11.5 Å². The molecule has 0 heterocycles. The third-order valence-corrected chi connectivity index (χ3v) is 5.13. The SMILES string of the molecule is COc1ccc(CN(C[C@H](O)CN)C2Cc3ccccc3C2)c(OC)c1. The van der Waals surface area contributed by atoms with Crippen molar-refractivity contribution in [3.8, 4) is 11.5 Å². The summed E-state index contributed by atoms with van der Waals surface area (Å²) in [6, 6.07) is 14.8. The highest BCUT2D eigenvalue weighted by Crippen LogP contribution is 2.30. The van der Waals surface area contributed by atoms with Crippen LogP contribution in [-0.2, 0) is 19.4 Å². The fourth-order valence-corrected chi connectivity index (χ4v) is 3.68. The van der Waals surface area contributed by atoms with E-state index in [0.29, 0.717) is 19.1 Å². The second kappa shape index (κ2) is 8.54. The predicted octanol–water partition coefficient (Wildman–Crippen LogP) is 1.99. The van der Waals surface area contributed by atoms with Crippen molar-refractivity contribution in [3.05, 3.63) is 59.2 Å². The van der Waals surface area contributed by atoms with E-state index in [4.69, 9.17) is 15.2 Å². The predicted molar refractivity (Wildman–Crippen MR) is 103 cm³/mol. The lowest BCUT2D eigenvalue weighted by Crippen LogP contribution is -2.42. The second-order valence-electron chi connectivity index (χ2n) is 6.83. The molecule has 26 heavy (non-hydrogen) atoms. The van der Waals surface area contributed by atoms with Crippen LogP contribution in [0.1, 0.15) is 16.7 Å². The van der Waals surface area contributed by atoms with E-state index >= 15 is 0 Å². The van der Waals surface area contributed by atoms with Gasteiger partial charge >= 0.3 is 0 Å². The maximum atomic E-state index is 10.2. The standard InChI is InChI=1S/C21H28N2O3/c1-25-20-8-7-17(21(11-20)26-2)13-23(14-19(24)12-22)18-9-15-5-3-4-6-16(15)10-18/h3-8,11,18-19,24H,9-10,12-14,22H2,1-2H3/t19-/m1/s1. The first-order chi connectivity index (χ1) is 12.6. The van der Waals surface area contributed by atoms with Gasteiger partial charge in [-0.15, -0.1) is 0 Å². The number of aliphatic hydroxyl groups is 1. The van der Waals surface area contributed by atoms with Crippen molar-refractivity contribution >= 4 is 0 Å². The van der Waals surface area contributed by atoms with Crippen LogP contribution < -0.4 is 15.2 Å². The van der Waals surface area contributed by atoms with E-state index < -0.39 is 6.10 Å². The average Bonchev–Trinajstić information content (AvgIpc) is 3.11. The maximum Gasteiger partial charge on any atom is 0.127 e. The van der Waals surface area contributed by atoms with Gasteiger partial charge in [-0.25, -0.2) is 0 Å². The normalized spacial score (nSPS) is 15.1. The lowest BCUT2D eigenvalue weighted by Gasteiger charge is -2.31. The van der Waals surface area contributed by atoms with Gasteiger partial charge in [-0.1, -0.05) is 30.3 Å². The molecule has 0 saturated heterocycles. The molecule has 1 atom stereocenters. The van der Waals surface area contributed by atoms with Crippen molar-refractivity contribution in [2.75, 3.05) is 27.3 Å². The Kier molecular flexibility index (Phi) is 6.14. The molecule has 0 radical (unpaired) electrons. The highest BCUT2D eigenvalue weighted by Gasteiger charge is 2.28. The van der Waals surface area contributed by atoms with Gasteiger partial charge in [-0.05, 0) is 30.0 Å². The number of fused-ring (bicyclic) bond motifs is 1. The molecule has 2 aromatic rings. The van der Waals surface area contributed by atoms with Crippen LogP contribution in [0.25, 0.3) is 0 Å². The Hall–Kier alpha value is -2.08. The Morgan fingerprint density at radius 2 is 1.81 bits per heavy atom. The van der Waals surface area contributed by atoms with E-state index in [-0.39, 0.29) is 6.54 Å². The first-order valence-electron chi connectivity index (χ1n) is 9.04. The fourth-order valence-electron chi connectivity index (χ4n) is 3.68. The first kappa shape index (κ1) is 18.7. The summed E-state index contributed by atoms with van der Waals surface area (Å²) in [7, 11) is 3.32. The van der Waals surface area contributed by atoms with Gasteiger partial charge in [0.2, 0.25) is 0 Å². The van der Waals surface area contributed by atoms with Gasteiger partial charge in [-0.3, -0.25) is 4.90 Å². The molecule has 1 aliphatic carbocycles. The van der Waals surface area contributed by atoms with Gasteiger partial charge in [-0.2, -0.15) is 0 Å². The van der Waals surface area contributed by atoms with Crippen LogP contribution in [-0.4, -0.2) is 49.5 Å². The molecule has 0 bridgehead atoms. The lowest BCUT2D eigenvalue weighted by atomic mass is 10.1. The van der Waals surface area contributed by atoms with Crippen LogP contribution in [0.3, 0.4) is 0 Å². The van der Waals surface area contributed by atoms with Gasteiger partial charge in [0.15, 0.2) is 0 Å². The number of benzene rings is 2. The summed E-state index contributed by atoms with van der Waals surface area (Å²) < 4.78 is 10.8. The summed E-state index contributed by atoms with van der Waals surface area (Å²) in [5.74, 6) is 1.57. The molecule has 5 heteroatoms. The number of aliphatic hydroxyl groups excluding tert-OH is 1. The number of ether oxygens (including phenoxy) is 2. The minimum atomic E-state index is -0.539. The number of rotatable bonds is 8. The van der Waals surface area contributed by atoms with Gasteiger partial charge in [0.1, 0.15) is 11.5 Å². The molecule has 0 spiro atoms. The summed E-state index contributed by atoms with van der Waals surface area (Å²) in [4.78, 5) is 2.32. The van der Waals surface area contributed by atoms with Crippen molar-refractivity contribution < 1.29 is 14.6 Å². The largest absolute Gasteiger partial charge is 0.497 e. The monoisotopic (exact) mass is 356 g/mol. The first-order valence-corrected chi connectivity index (χ1v) is 9.04. The minimum absolute atomic E-state index is 0.260. The van der Waals surface area contributed by atoms with Crippen LogP contribution in [0, 0.1) is 0 Å². The van der Waals surface area contributed by atoms with E-state index in [1.54, 1.807) is 14.2 Å². The highest BCUT2D eigenvalue weighted by molar-refractivity contribution is 5.41. The topological polar surface area (TPSA) is 68.0 Å². The quantitative estimate of drug-likeness (QED) is 0.757. The third-order valence-electron chi connectivity index (χ3n) is 5.13. The summed E-state index contributed by atoms with van der Waals surface area (Å²) in [5, 5.41) is 10.2. The zero-order chi connectivity index (χ0) is 18.5. The molecule has 0 unspecified atom stereocenters. The second-order valence-corrected chi connectivity index (χ2v) is 6.83. The number of methoxy groups -OCH3 is 2. The van der Waals surface area contributed by atoms with Gasteiger partial charge < -0.3 is 20.3 Å². The zero-order valence-corrected chi connectivity index (χ0v) is 15.5.